The molecule has 1 N–H and O–H groups in total. The van der Waals surface area contributed by atoms with Gasteiger partial charge in [-0.05, 0) is 19.3 Å². The molecule has 0 aromatic carbocycles. The van der Waals surface area contributed by atoms with Gasteiger partial charge in [0.25, 0.3) is 0 Å². The summed E-state index contributed by atoms with van der Waals surface area (Å²) >= 11 is 0. The van der Waals surface area contributed by atoms with Crippen molar-refractivity contribution < 1.29 is 69.5 Å². The molecular formula is C24H49KO4S. The van der Waals surface area contributed by atoms with Gasteiger partial charge in [-0.1, -0.05) is 122 Å². The van der Waals surface area contributed by atoms with Gasteiger partial charge in [0.05, 0.1) is 16.2 Å². The van der Waals surface area contributed by atoms with Gasteiger partial charge in [0.1, 0.15) is 0 Å². The molecule has 4 nitrogen and oxygen atoms in total. The van der Waals surface area contributed by atoms with Crippen LogP contribution in [0.5, 0.6) is 0 Å². The van der Waals surface area contributed by atoms with Gasteiger partial charge in [-0.3, -0.25) is 0 Å². The smallest absolute Gasteiger partial charge is 0.748 e. The van der Waals surface area contributed by atoms with Crippen molar-refractivity contribution in [2.45, 2.75) is 148 Å². The number of hydrogen-bond acceptors (Lipinski definition) is 4. The van der Waals surface area contributed by atoms with E-state index in [9.17, 15) is 18.1 Å². The zero-order valence-electron chi connectivity index (χ0n) is 20.2. The van der Waals surface area contributed by atoms with E-state index in [-0.39, 0.29) is 63.2 Å². The maximum atomic E-state index is 10.5. The van der Waals surface area contributed by atoms with Crippen LogP contribution in [-0.2, 0) is 10.1 Å². The Morgan fingerprint density at radius 2 is 0.900 bits per heavy atom. The van der Waals surface area contributed by atoms with Crippen molar-refractivity contribution in [3.63, 3.8) is 0 Å². The Kier molecular flexibility index (Phi) is 28.2. The molecule has 0 aliphatic rings. The minimum atomic E-state index is -4.01. The Morgan fingerprint density at radius 3 is 1.20 bits per heavy atom. The van der Waals surface area contributed by atoms with Gasteiger partial charge in [0.2, 0.25) is 0 Å². The third kappa shape index (κ3) is 29.5. The molecule has 0 amide bonds. The minimum Gasteiger partial charge on any atom is -0.748 e. The van der Waals surface area contributed by atoms with Crippen LogP contribution < -0.4 is 51.4 Å². The van der Waals surface area contributed by atoms with Crippen LogP contribution in [0, 0.1) is 0 Å². The maximum Gasteiger partial charge on any atom is 1.00 e. The van der Waals surface area contributed by atoms with Gasteiger partial charge in [-0.25, -0.2) is 8.42 Å². The average Bonchev–Trinajstić information content (AvgIpc) is 2.65. The summed E-state index contributed by atoms with van der Waals surface area (Å²) in [7, 11) is -4.01. The standard InChI is InChI=1S/C24H50O4S.K/c1-2-21-24(25)22-19-17-15-13-11-9-7-5-3-4-6-8-10-12-14-16-18-20-23-29(26,27)28;/h24-25H,2-23H2,1H3,(H,26,27,28);/q;+1/p-1. The SMILES string of the molecule is CCCC(O)CCCCCCCCCCCCCCCCCCCCS(=O)(=O)[O-].[K+]. The van der Waals surface area contributed by atoms with Crippen LogP contribution in [0.3, 0.4) is 0 Å². The third-order valence-electron chi connectivity index (χ3n) is 5.80. The summed E-state index contributed by atoms with van der Waals surface area (Å²) < 4.78 is 31.5. The summed E-state index contributed by atoms with van der Waals surface area (Å²) in [6.07, 6.45) is 25.2. The van der Waals surface area contributed by atoms with Gasteiger partial charge in [-0.2, -0.15) is 0 Å². The molecule has 0 saturated heterocycles. The van der Waals surface area contributed by atoms with E-state index in [1.54, 1.807) is 0 Å². The van der Waals surface area contributed by atoms with Gasteiger partial charge >= 0.3 is 51.4 Å². The van der Waals surface area contributed by atoms with Crippen molar-refractivity contribution in [1.82, 2.24) is 0 Å². The molecule has 0 aromatic rings. The Hall–Kier alpha value is 1.51. The average molecular weight is 473 g/mol. The first-order valence-corrected chi connectivity index (χ1v) is 14.1. The zero-order chi connectivity index (χ0) is 21.6. The predicted octanol–water partition coefficient (Wildman–Crippen LogP) is 4.11. The fraction of sp³-hybridized carbons (Fsp3) is 1.00. The summed E-state index contributed by atoms with van der Waals surface area (Å²) in [5, 5.41) is 9.69. The van der Waals surface area contributed by atoms with Gasteiger partial charge in [-0.15, -0.1) is 0 Å². The predicted molar refractivity (Wildman–Crippen MR) is 123 cm³/mol. The molecule has 0 bridgehead atoms. The molecule has 0 aliphatic carbocycles. The normalized spacial score (nSPS) is 12.6. The molecule has 0 aromatic heterocycles. The van der Waals surface area contributed by atoms with E-state index < -0.39 is 10.1 Å². The van der Waals surface area contributed by atoms with E-state index in [4.69, 9.17) is 0 Å². The van der Waals surface area contributed by atoms with E-state index in [2.05, 4.69) is 6.92 Å². The second-order valence-electron chi connectivity index (χ2n) is 8.86. The molecule has 1 unspecified atom stereocenters. The topological polar surface area (TPSA) is 77.4 Å². The first kappa shape index (κ1) is 33.7. The third-order valence-corrected chi connectivity index (χ3v) is 6.59. The maximum absolute atomic E-state index is 10.5. The number of aliphatic hydroxyl groups is 1. The van der Waals surface area contributed by atoms with Gasteiger partial charge in [0.15, 0.2) is 0 Å². The Balaban J connectivity index is 0. The van der Waals surface area contributed by atoms with Crippen LogP contribution in [0.25, 0.3) is 0 Å². The largest absolute Gasteiger partial charge is 1.00 e. The Morgan fingerprint density at radius 1 is 0.600 bits per heavy atom. The fourth-order valence-corrected chi connectivity index (χ4v) is 4.52. The quantitative estimate of drug-likeness (QED) is 0.138. The summed E-state index contributed by atoms with van der Waals surface area (Å²) in [6, 6.07) is 0. The van der Waals surface area contributed by atoms with E-state index in [1.165, 1.54) is 89.9 Å². The molecule has 0 heterocycles. The van der Waals surface area contributed by atoms with Crippen molar-refractivity contribution >= 4 is 10.1 Å². The number of aliphatic hydroxyl groups excluding tert-OH is 1. The number of hydrogen-bond donors (Lipinski definition) is 1. The van der Waals surface area contributed by atoms with Crippen LogP contribution in [0.15, 0.2) is 0 Å². The van der Waals surface area contributed by atoms with Gasteiger partial charge < -0.3 is 9.66 Å². The van der Waals surface area contributed by atoms with E-state index >= 15 is 0 Å². The van der Waals surface area contributed by atoms with Crippen LogP contribution in [0.2, 0.25) is 0 Å². The molecule has 0 saturated carbocycles. The molecular weight excluding hydrogens is 423 g/mol. The van der Waals surface area contributed by atoms with Crippen LogP contribution in [-0.4, -0.2) is 29.9 Å². The molecule has 0 rings (SSSR count). The summed E-state index contributed by atoms with van der Waals surface area (Å²) in [5.74, 6) is -0.197. The fourth-order valence-electron chi connectivity index (χ4n) is 3.96. The van der Waals surface area contributed by atoms with Crippen molar-refractivity contribution in [2.75, 3.05) is 5.75 Å². The van der Waals surface area contributed by atoms with Crippen molar-refractivity contribution in [3.05, 3.63) is 0 Å². The van der Waals surface area contributed by atoms with E-state index in [1.807, 2.05) is 0 Å². The summed E-state index contributed by atoms with van der Waals surface area (Å²) in [6.45, 7) is 2.13. The second-order valence-corrected chi connectivity index (χ2v) is 10.4. The molecule has 0 spiro atoms. The zero-order valence-corrected chi connectivity index (χ0v) is 24.2. The van der Waals surface area contributed by atoms with E-state index in [0.717, 1.165) is 38.5 Å². The molecule has 0 radical (unpaired) electrons. The van der Waals surface area contributed by atoms with Crippen LogP contribution >= 0.6 is 0 Å². The second kappa shape index (κ2) is 25.1. The molecule has 1 atom stereocenters. The van der Waals surface area contributed by atoms with Crippen molar-refractivity contribution in [2.24, 2.45) is 0 Å². The summed E-state index contributed by atoms with van der Waals surface area (Å²) in [4.78, 5) is 0. The van der Waals surface area contributed by atoms with Crippen LogP contribution in [0.4, 0.5) is 0 Å². The number of unbranched alkanes of at least 4 members (excludes halogenated alkanes) is 17. The molecule has 30 heavy (non-hydrogen) atoms. The number of rotatable bonds is 23. The molecule has 0 fully saturated rings. The molecule has 6 heteroatoms. The first-order chi connectivity index (χ1) is 14.0. The molecule has 0 aliphatic heterocycles. The van der Waals surface area contributed by atoms with Crippen LogP contribution in [0.1, 0.15) is 142 Å². The summed E-state index contributed by atoms with van der Waals surface area (Å²) in [5.41, 5.74) is 0. The Labute approximate surface area is 230 Å². The first-order valence-electron chi connectivity index (χ1n) is 12.6. The molecule has 176 valence electrons. The van der Waals surface area contributed by atoms with Crippen molar-refractivity contribution in [3.8, 4) is 0 Å². The monoisotopic (exact) mass is 472 g/mol. The Bertz CT molecular complexity index is 429. The van der Waals surface area contributed by atoms with E-state index in [0.29, 0.717) is 6.42 Å². The van der Waals surface area contributed by atoms with Crippen molar-refractivity contribution in [1.29, 1.82) is 0 Å². The van der Waals surface area contributed by atoms with Gasteiger partial charge in [0, 0.05) is 5.75 Å². The minimum absolute atomic E-state index is 0.